The molecule has 0 saturated heterocycles. The predicted octanol–water partition coefficient (Wildman–Crippen LogP) is 2.90. The lowest BCUT2D eigenvalue weighted by molar-refractivity contribution is 0.0924. The van der Waals surface area contributed by atoms with E-state index in [0.717, 1.165) is 18.4 Å². The van der Waals surface area contributed by atoms with Crippen molar-refractivity contribution in [2.45, 2.75) is 38.6 Å². The van der Waals surface area contributed by atoms with Gasteiger partial charge in [0.15, 0.2) is 0 Å². The molecule has 19 heavy (non-hydrogen) atoms. The van der Waals surface area contributed by atoms with Crippen LogP contribution in [-0.4, -0.2) is 18.5 Å². The summed E-state index contributed by atoms with van der Waals surface area (Å²) in [6.45, 7) is 2.43. The zero-order chi connectivity index (χ0) is 13.8. The second kappa shape index (κ2) is 6.40. The maximum Gasteiger partial charge on any atom is 0.251 e. The number of nitrogens with two attached hydrogens (primary N) is 1. The molecule has 3 N–H and O–H groups in total. The average Bonchev–Trinajstić information content (AvgIpc) is 2.88. The first-order valence-electron chi connectivity index (χ1n) is 6.88. The second-order valence-corrected chi connectivity index (χ2v) is 5.81. The first-order chi connectivity index (χ1) is 9.10. The van der Waals surface area contributed by atoms with Crippen molar-refractivity contribution in [2.24, 2.45) is 11.7 Å². The van der Waals surface area contributed by atoms with E-state index in [0.29, 0.717) is 23.0 Å². The van der Waals surface area contributed by atoms with Crippen LogP contribution in [0.25, 0.3) is 0 Å². The number of rotatable bonds is 4. The molecule has 1 aromatic rings. The number of benzene rings is 1. The minimum absolute atomic E-state index is 0.0760. The minimum atomic E-state index is -0.0760. The van der Waals surface area contributed by atoms with Crippen LogP contribution in [0.5, 0.6) is 0 Å². The first-order valence-corrected chi connectivity index (χ1v) is 7.26. The summed E-state index contributed by atoms with van der Waals surface area (Å²) in [7, 11) is 0. The summed E-state index contributed by atoms with van der Waals surface area (Å²) in [4.78, 5) is 12.2. The molecule has 1 atom stereocenters. The molecule has 0 aromatic heterocycles. The van der Waals surface area contributed by atoms with Crippen LogP contribution in [0.2, 0.25) is 5.02 Å². The summed E-state index contributed by atoms with van der Waals surface area (Å²) in [5.74, 6) is 0.446. The van der Waals surface area contributed by atoms with Gasteiger partial charge in [-0.1, -0.05) is 24.4 Å². The number of hydrogen-bond donors (Lipinski definition) is 2. The molecule has 1 fully saturated rings. The van der Waals surface area contributed by atoms with Crippen molar-refractivity contribution < 1.29 is 4.79 Å². The van der Waals surface area contributed by atoms with Crippen LogP contribution in [0, 0.1) is 12.8 Å². The Morgan fingerprint density at radius 1 is 1.42 bits per heavy atom. The van der Waals surface area contributed by atoms with Crippen molar-refractivity contribution in [3.63, 3.8) is 0 Å². The largest absolute Gasteiger partial charge is 0.348 e. The fourth-order valence-corrected chi connectivity index (χ4v) is 3.14. The number of carbonyl (C=O) groups excluding carboxylic acids is 1. The summed E-state index contributed by atoms with van der Waals surface area (Å²) < 4.78 is 0. The van der Waals surface area contributed by atoms with Crippen LogP contribution in [-0.2, 0) is 0 Å². The molecule has 4 heteroatoms. The number of carbonyl (C=O) groups is 1. The highest BCUT2D eigenvalue weighted by Crippen LogP contribution is 2.27. The van der Waals surface area contributed by atoms with Crippen LogP contribution < -0.4 is 11.1 Å². The molecule has 0 bridgehead atoms. The SMILES string of the molecule is Cc1cc(Cl)cc(C(=O)N[C@@H](CN)C2CCCC2)c1. The molecule has 1 aliphatic rings. The Balaban J connectivity index is 2.06. The van der Waals surface area contributed by atoms with Gasteiger partial charge in [0.2, 0.25) is 0 Å². The topological polar surface area (TPSA) is 55.1 Å². The van der Waals surface area contributed by atoms with E-state index in [9.17, 15) is 4.79 Å². The van der Waals surface area contributed by atoms with Crippen molar-refractivity contribution in [3.05, 3.63) is 34.3 Å². The molecule has 104 valence electrons. The molecule has 1 aromatic carbocycles. The summed E-state index contributed by atoms with van der Waals surface area (Å²) in [6, 6.07) is 5.47. The lowest BCUT2D eigenvalue weighted by Gasteiger charge is -2.23. The zero-order valence-corrected chi connectivity index (χ0v) is 12.0. The molecule has 0 spiro atoms. The maximum absolute atomic E-state index is 12.2. The van der Waals surface area contributed by atoms with Gasteiger partial charge in [0, 0.05) is 23.2 Å². The molecule has 0 unspecified atom stereocenters. The van der Waals surface area contributed by atoms with Crippen LogP contribution in [0.1, 0.15) is 41.6 Å². The Labute approximate surface area is 119 Å². The van der Waals surface area contributed by atoms with E-state index in [1.165, 1.54) is 12.8 Å². The fourth-order valence-electron chi connectivity index (χ4n) is 2.85. The summed E-state index contributed by atoms with van der Waals surface area (Å²) in [5, 5.41) is 3.65. The van der Waals surface area contributed by atoms with Crippen LogP contribution in [0.3, 0.4) is 0 Å². The molecule has 2 rings (SSSR count). The van der Waals surface area contributed by atoms with Crippen LogP contribution in [0.15, 0.2) is 18.2 Å². The van der Waals surface area contributed by atoms with E-state index < -0.39 is 0 Å². The maximum atomic E-state index is 12.2. The van der Waals surface area contributed by atoms with Gasteiger partial charge in [-0.15, -0.1) is 0 Å². The van der Waals surface area contributed by atoms with E-state index in [-0.39, 0.29) is 11.9 Å². The normalized spacial score (nSPS) is 17.4. The van der Waals surface area contributed by atoms with Crippen LogP contribution >= 0.6 is 11.6 Å². The molecule has 3 nitrogen and oxygen atoms in total. The lowest BCUT2D eigenvalue weighted by Crippen LogP contribution is -2.44. The summed E-state index contributed by atoms with van der Waals surface area (Å²) in [6.07, 6.45) is 4.81. The molecule has 0 heterocycles. The molecular weight excluding hydrogens is 260 g/mol. The van der Waals surface area contributed by atoms with E-state index >= 15 is 0 Å². The highest BCUT2D eigenvalue weighted by atomic mass is 35.5. The van der Waals surface area contributed by atoms with Crippen molar-refractivity contribution in [1.82, 2.24) is 5.32 Å². The Bertz CT molecular complexity index is 435. The van der Waals surface area contributed by atoms with Gasteiger partial charge in [0.1, 0.15) is 0 Å². The van der Waals surface area contributed by atoms with Gasteiger partial charge in [0.25, 0.3) is 5.91 Å². The zero-order valence-electron chi connectivity index (χ0n) is 11.3. The first kappa shape index (κ1) is 14.4. The predicted molar refractivity (Wildman–Crippen MR) is 78.5 cm³/mol. The van der Waals surface area contributed by atoms with Crippen molar-refractivity contribution in [3.8, 4) is 0 Å². The van der Waals surface area contributed by atoms with Crippen molar-refractivity contribution >= 4 is 17.5 Å². The smallest absolute Gasteiger partial charge is 0.251 e. The van der Waals surface area contributed by atoms with E-state index in [1.54, 1.807) is 6.07 Å². The van der Waals surface area contributed by atoms with Crippen LogP contribution in [0.4, 0.5) is 0 Å². The number of nitrogens with one attached hydrogen (secondary N) is 1. The second-order valence-electron chi connectivity index (χ2n) is 5.38. The standard InChI is InChI=1S/C15H21ClN2O/c1-10-6-12(8-13(16)7-10)15(19)18-14(9-17)11-4-2-3-5-11/h6-8,11,14H,2-5,9,17H2,1H3,(H,18,19)/t14-/m0/s1. The molecule has 1 aliphatic carbocycles. The third-order valence-electron chi connectivity index (χ3n) is 3.84. The van der Waals surface area contributed by atoms with E-state index in [1.807, 2.05) is 19.1 Å². The number of aryl methyl sites for hydroxylation is 1. The van der Waals surface area contributed by atoms with Gasteiger partial charge >= 0.3 is 0 Å². The minimum Gasteiger partial charge on any atom is -0.348 e. The third kappa shape index (κ3) is 3.71. The van der Waals surface area contributed by atoms with Gasteiger partial charge in [-0.2, -0.15) is 0 Å². The third-order valence-corrected chi connectivity index (χ3v) is 4.06. The van der Waals surface area contributed by atoms with E-state index in [2.05, 4.69) is 5.32 Å². The number of halogens is 1. The number of hydrogen-bond acceptors (Lipinski definition) is 2. The van der Waals surface area contributed by atoms with Crippen molar-refractivity contribution in [2.75, 3.05) is 6.54 Å². The molecule has 1 saturated carbocycles. The van der Waals surface area contributed by atoms with Gasteiger partial charge in [-0.05, 0) is 49.4 Å². The molecular formula is C15H21ClN2O. The molecule has 0 aliphatic heterocycles. The van der Waals surface area contributed by atoms with Crippen molar-refractivity contribution in [1.29, 1.82) is 0 Å². The van der Waals surface area contributed by atoms with Gasteiger partial charge in [-0.25, -0.2) is 0 Å². The average molecular weight is 281 g/mol. The van der Waals surface area contributed by atoms with Gasteiger partial charge < -0.3 is 11.1 Å². The lowest BCUT2D eigenvalue weighted by atomic mass is 9.97. The van der Waals surface area contributed by atoms with Gasteiger partial charge in [0.05, 0.1) is 0 Å². The summed E-state index contributed by atoms with van der Waals surface area (Å²) in [5.41, 5.74) is 7.40. The molecule has 1 amide bonds. The van der Waals surface area contributed by atoms with Gasteiger partial charge in [-0.3, -0.25) is 4.79 Å². The Kier molecular flexibility index (Phi) is 4.83. The molecule has 0 radical (unpaired) electrons. The highest BCUT2D eigenvalue weighted by Gasteiger charge is 2.25. The summed E-state index contributed by atoms with van der Waals surface area (Å²) >= 11 is 5.99. The van der Waals surface area contributed by atoms with E-state index in [4.69, 9.17) is 17.3 Å². The fraction of sp³-hybridized carbons (Fsp3) is 0.533. The Morgan fingerprint density at radius 2 is 2.11 bits per heavy atom. The monoisotopic (exact) mass is 280 g/mol. The number of amides is 1. The Morgan fingerprint density at radius 3 is 2.68 bits per heavy atom. The Hall–Kier alpha value is -1.06. The highest BCUT2D eigenvalue weighted by molar-refractivity contribution is 6.31. The quantitative estimate of drug-likeness (QED) is 0.891.